The molecular weight excluding hydrogens is 286 g/mol. The number of aromatic nitrogens is 4. The maximum atomic E-state index is 12.1. The Morgan fingerprint density at radius 3 is 2.73 bits per heavy atom. The monoisotopic (exact) mass is 299 g/mol. The number of fused-ring (bicyclic) bond motifs is 1. The summed E-state index contributed by atoms with van der Waals surface area (Å²) in [6.07, 6.45) is 0. The van der Waals surface area contributed by atoms with E-state index in [0.29, 0.717) is 12.1 Å². The third kappa shape index (κ3) is 2.30. The molecule has 0 fully saturated rings. The number of nitrogens with two attached hydrogens (primary N) is 1. The van der Waals surface area contributed by atoms with Gasteiger partial charge in [0.1, 0.15) is 5.52 Å². The van der Waals surface area contributed by atoms with E-state index in [0.717, 1.165) is 5.56 Å². The lowest BCUT2D eigenvalue weighted by Crippen LogP contribution is -2.18. The number of H-pyrrole nitrogens is 1. The zero-order valence-electron chi connectivity index (χ0n) is 11.7. The highest BCUT2D eigenvalue weighted by Gasteiger charge is 2.18. The molecule has 0 aliphatic carbocycles. The fraction of sp³-hybridized carbons (Fsp3) is 0.143. The first-order chi connectivity index (χ1) is 10.6. The molecule has 0 amide bonds. The number of esters is 1. The Bertz CT molecular complexity index is 898. The highest BCUT2D eigenvalue weighted by Crippen LogP contribution is 2.15. The summed E-state index contributed by atoms with van der Waals surface area (Å²) in [5.74, 6) is -0.879. The van der Waals surface area contributed by atoms with E-state index in [-0.39, 0.29) is 23.0 Å². The number of aromatic amines is 1. The van der Waals surface area contributed by atoms with Crippen molar-refractivity contribution in [3.05, 3.63) is 52.2 Å². The van der Waals surface area contributed by atoms with Gasteiger partial charge in [0.2, 0.25) is 5.82 Å². The van der Waals surface area contributed by atoms with Crippen molar-refractivity contribution in [3.63, 3.8) is 0 Å². The molecule has 8 nitrogen and oxygen atoms in total. The normalized spacial score (nSPS) is 10.8. The van der Waals surface area contributed by atoms with Crippen LogP contribution in [0, 0.1) is 0 Å². The van der Waals surface area contributed by atoms with Gasteiger partial charge in [0.05, 0.1) is 13.7 Å². The molecular formula is C14H13N5O3. The molecule has 3 N–H and O–H groups in total. The van der Waals surface area contributed by atoms with Gasteiger partial charge in [-0.25, -0.2) is 19.6 Å². The average Bonchev–Trinajstić information content (AvgIpc) is 2.84. The molecule has 1 aromatic carbocycles. The first-order valence-corrected chi connectivity index (χ1v) is 6.48. The number of anilines is 1. The van der Waals surface area contributed by atoms with E-state index in [4.69, 9.17) is 5.73 Å². The Balaban J connectivity index is 2.17. The fourth-order valence-corrected chi connectivity index (χ4v) is 2.15. The number of nitrogen functional groups attached to an aromatic ring is 1. The van der Waals surface area contributed by atoms with Gasteiger partial charge in [-0.15, -0.1) is 0 Å². The Labute approximate surface area is 124 Å². The largest absolute Gasteiger partial charge is 0.463 e. The van der Waals surface area contributed by atoms with Gasteiger partial charge in [0.15, 0.2) is 11.5 Å². The van der Waals surface area contributed by atoms with Crippen LogP contribution < -0.4 is 11.4 Å². The number of hydrogen-bond donors (Lipinski definition) is 2. The highest BCUT2D eigenvalue weighted by molar-refractivity contribution is 5.90. The van der Waals surface area contributed by atoms with Gasteiger partial charge < -0.3 is 15.5 Å². The number of nitrogens with zero attached hydrogens (tertiary/aromatic N) is 3. The Hall–Kier alpha value is -3.16. The van der Waals surface area contributed by atoms with Crippen LogP contribution in [0.1, 0.15) is 16.2 Å². The predicted molar refractivity (Wildman–Crippen MR) is 79.4 cm³/mol. The van der Waals surface area contributed by atoms with Crippen LogP contribution in [0.15, 0.2) is 35.1 Å². The zero-order chi connectivity index (χ0) is 15.7. The number of imidazole rings is 1. The van der Waals surface area contributed by atoms with Crippen molar-refractivity contribution in [1.29, 1.82) is 0 Å². The summed E-state index contributed by atoms with van der Waals surface area (Å²) < 4.78 is 5.99. The van der Waals surface area contributed by atoms with Gasteiger partial charge in [0.25, 0.3) is 0 Å². The standard InChI is InChI=1S/C14H13N5O3/c1-22-13(20)11-17-10(15)9-12(18-11)19(14(21)16-9)7-8-5-3-2-4-6-8/h2-6H,7H2,1H3,(H,16,21)(H2,15,17,18). The summed E-state index contributed by atoms with van der Waals surface area (Å²) in [5.41, 5.74) is 6.89. The van der Waals surface area contributed by atoms with Gasteiger partial charge in [0, 0.05) is 0 Å². The van der Waals surface area contributed by atoms with E-state index >= 15 is 0 Å². The molecule has 0 bridgehead atoms. The second kappa shape index (κ2) is 5.32. The van der Waals surface area contributed by atoms with Gasteiger partial charge >= 0.3 is 11.7 Å². The number of ether oxygens (including phenoxy) is 1. The molecule has 2 heterocycles. The highest BCUT2D eigenvalue weighted by atomic mass is 16.5. The van der Waals surface area contributed by atoms with Gasteiger partial charge in [-0.05, 0) is 5.56 Å². The van der Waals surface area contributed by atoms with Crippen molar-refractivity contribution < 1.29 is 9.53 Å². The molecule has 0 atom stereocenters. The number of rotatable bonds is 3. The molecule has 112 valence electrons. The number of benzene rings is 1. The molecule has 2 aromatic heterocycles. The topological polar surface area (TPSA) is 116 Å². The zero-order valence-corrected chi connectivity index (χ0v) is 11.7. The van der Waals surface area contributed by atoms with Crippen molar-refractivity contribution in [3.8, 4) is 0 Å². The minimum Gasteiger partial charge on any atom is -0.463 e. The summed E-state index contributed by atoms with van der Waals surface area (Å²) >= 11 is 0. The SMILES string of the molecule is COC(=O)c1nc(N)c2[nH]c(=O)n(Cc3ccccc3)c2n1. The second-order valence-electron chi connectivity index (χ2n) is 4.62. The van der Waals surface area contributed by atoms with Crippen LogP contribution in [-0.2, 0) is 11.3 Å². The third-order valence-electron chi connectivity index (χ3n) is 3.20. The van der Waals surface area contributed by atoms with Crippen molar-refractivity contribution in [2.24, 2.45) is 0 Å². The summed E-state index contributed by atoms with van der Waals surface area (Å²) in [6, 6.07) is 9.40. The minimum atomic E-state index is -0.714. The molecule has 0 spiro atoms. The maximum absolute atomic E-state index is 12.1. The van der Waals surface area contributed by atoms with Crippen LogP contribution in [0.25, 0.3) is 11.2 Å². The van der Waals surface area contributed by atoms with Crippen LogP contribution >= 0.6 is 0 Å². The third-order valence-corrected chi connectivity index (χ3v) is 3.20. The van der Waals surface area contributed by atoms with Crippen LogP contribution in [0.2, 0.25) is 0 Å². The fourth-order valence-electron chi connectivity index (χ4n) is 2.15. The van der Waals surface area contributed by atoms with Crippen molar-refractivity contribution >= 4 is 23.0 Å². The van der Waals surface area contributed by atoms with Gasteiger partial charge in [-0.2, -0.15) is 0 Å². The molecule has 0 saturated heterocycles. The molecule has 22 heavy (non-hydrogen) atoms. The predicted octanol–water partition coefficient (Wildman–Crippen LogP) is 0.537. The first kappa shape index (κ1) is 13.8. The smallest absolute Gasteiger partial charge is 0.376 e. The molecule has 0 unspecified atom stereocenters. The van der Waals surface area contributed by atoms with E-state index < -0.39 is 5.97 Å². The number of methoxy groups -OCH3 is 1. The van der Waals surface area contributed by atoms with E-state index in [1.54, 1.807) is 0 Å². The lowest BCUT2D eigenvalue weighted by atomic mass is 10.2. The van der Waals surface area contributed by atoms with E-state index in [9.17, 15) is 9.59 Å². The summed E-state index contributed by atoms with van der Waals surface area (Å²) in [5, 5.41) is 0. The van der Waals surface area contributed by atoms with Gasteiger partial charge in [-0.1, -0.05) is 30.3 Å². The molecule has 0 saturated carbocycles. The quantitative estimate of drug-likeness (QED) is 0.682. The van der Waals surface area contributed by atoms with Crippen LogP contribution in [0.3, 0.4) is 0 Å². The molecule has 8 heteroatoms. The molecule has 0 aliphatic heterocycles. The number of nitrogens with one attached hydrogen (secondary N) is 1. The van der Waals surface area contributed by atoms with Gasteiger partial charge in [-0.3, -0.25) is 4.57 Å². The second-order valence-corrected chi connectivity index (χ2v) is 4.62. The Kier molecular flexibility index (Phi) is 3.34. The Morgan fingerprint density at radius 2 is 2.05 bits per heavy atom. The Morgan fingerprint density at radius 1 is 1.32 bits per heavy atom. The van der Waals surface area contributed by atoms with Crippen molar-refractivity contribution in [2.75, 3.05) is 12.8 Å². The molecule has 3 aromatic rings. The summed E-state index contributed by atoms with van der Waals surface area (Å²) in [7, 11) is 1.22. The van der Waals surface area contributed by atoms with Crippen molar-refractivity contribution in [2.45, 2.75) is 6.54 Å². The molecule has 0 radical (unpaired) electrons. The number of carbonyl (C=O) groups is 1. The number of hydrogen-bond acceptors (Lipinski definition) is 6. The summed E-state index contributed by atoms with van der Waals surface area (Å²) in [6.45, 7) is 0.302. The van der Waals surface area contributed by atoms with Crippen LogP contribution in [-0.4, -0.2) is 32.6 Å². The lowest BCUT2D eigenvalue weighted by molar-refractivity contribution is 0.0587. The summed E-state index contributed by atoms with van der Waals surface area (Å²) in [4.78, 5) is 34.2. The van der Waals surface area contributed by atoms with Crippen molar-refractivity contribution in [1.82, 2.24) is 19.5 Å². The maximum Gasteiger partial charge on any atom is 0.376 e. The van der Waals surface area contributed by atoms with Crippen LogP contribution in [0.4, 0.5) is 5.82 Å². The van der Waals surface area contributed by atoms with E-state index in [2.05, 4.69) is 19.7 Å². The first-order valence-electron chi connectivity index (χ1n) is 6.48. The molecule has 0 aliphatic rings. The van der Waals surface area contributed by atoms with E-state index in [1.165, 1.54) is 11.7 Å². The van der Waals surface area contributed by atoms with E-state index in [1.807, 2.05) is 30.3 Å². The number of carbonyl (C=O) groups excluding carboxylic acids is 1. The molecule has 3 rings (SSSR count). The minimum absolute atomic E-state index is 0.0225. The average molecular weight is 299 g/mol. The lowest BCUT2D eigenvalue weighted by Gasteiger charge is -2.04. The van der Waals surface area contributed by atoms with Crippen LogP contribution in [0.5, 0.6) is 0 Å².